The predicted octanol–water partition coefficient (Wildman–Crippen LogP) is 2.92. The molecular weight excluding hydrogens is 212 g/mol. The second kappa shape index (κ2) is 4.62. The summed E-state index contributed by atoms with van der Waals surface area (Å²) in [4.78, 5) is 0. The third-order valence-electron chi connectivity index (χ3n) is 3.09. The van der Waals surface area contributed by atoms with E-state index in [9.17, 15) is 0 Å². The molecule has 2 rings (SSSR count). The van der Waals surface area contributed by atoms with Gasteiger partial charge < -0.3 is 4.74 Å². The Hall–Kier alpha value is -1.77. The van der Waals surface area contributed by atoms with Crippen molar-refractivity contribution < 1.29 is 4.74 Å². The number of aryl methyl sites for hydroxylation is 3. The third kappa shape index (κ3) is 2.49. The van der Waals surface area contributed by atoms with Gasteiger partial charge in [0, 0.05) is 12.7 Å². The summed E-state index contributed by atoms with van der Waals surface area (Å²) in [6.07, 6.45) is 0. The number of hydrogen-bond acceptors (Lipinski definition) is 2. The minimum absolute atomic E-state index is 0.520. The lowest BCUT2D eigenvalue weighted by Crippen LogP contribution is -2.00. The lowest BCUT2D eigenvalue weighted by molar-refractivity contribution is 0.298. The van der Waals surface area contributed by atoms with E-state index in [1.54, 1.807) is 0 Å². The first-order valence-electron chi connectivity index (χ1n) is 5.76. The molecule has 0 aliphatic carbocycles. The maximum atomic E-state index is 5.80. The van der Waals surface area contributed by atoms with Crippen LogP contribution in [0.1, 0.15) is 22.5 Å². The van der Waals surface area contributed by atoms with Gasteiger partial charge >= 0.3 is 0 Å². The van der Waals surface area contributed by atoms with Gasteiger partial charge in [-0.1, -0.05) is 12.1 Å². The van der Waals surface area contributed by atoms with Gasteiger partial charge in [-0.25, -0.2) is 0 Å². The number of ether oxygens (including phenoxy) is 1. The minimum atomic E-state index is 0.520. The summed E-state index contributed by atoms with van der Waals surface area (Å²) < 4.78 is 7.66. The van der Waals surface area contributed by atoms with E-state index in [2.05, 4.69) is 25.0 Å². The van der Waals surface area contributed by atoms with E-state index in [0.717, 1.165) is 17.1 Å². The summed E-state index contributed by atoms with van der Waals surface area (Å²) in [6.45, 7) is 6.72. The van der Waals surface area contributed by atoms with Gasteiger partial charge in [-0.15, -0.1) is 0 Å². The molecule has 1 aromatic heterocycles. The monoisotopic (exact) mass is 230 g/mol. The van der Waals surface area contributed by atoms with Crippen molar-refractivity contribution in [1.29, 1.82) is 0 Å². The van der Waals surface area contributed by atoms with Gasteiger partial charge in [0.05, 0.1) is 0 Å². The van der Waals surface area contributed by atoms with Crippen LogP contribution in [-0.4, -0.2) is 9.78 Å². The van der Waals surface area contributed by atoms with Crippen LogP contribution < -0.4 is 4.74 Å². The largest absolute Gasteiger partial charge is 0.487 e. The smallest absolute Gasteiger partial charge is 0.132 e. The maximum absolute atomic E-state index is 5.80. The van der Waals surface area contributed by atoms with E-state index >= 15 is 0 Å². The van der Waals surface area contributed by atoms with Crippen molar-refractivity contribution in [3.63, 3.8) is 0 Å². The molecule has 3 heteroatoms. The summed E-state index contributed by atoms with van der Waals surface area (Å²) in [7, 11) is 1.94. The number of hydrogen-bond donors (Lipinski definition) is 0. The van der Waals surface area contributed by atoms with Crippen molar-refractivity contribution >= 4 is 0 Å². The molecule has 0 aliphatic rings. The average Bonchev–Trinajstić information content (AvgIpc) is 2.61. The third-order valence-corrected chi connectivity index (χ3v) is 3.09. The summed E-state index contributed by atoms with van der Waals surface area (Å²) in [5.74, 6) is 0.938. The van der Waals surface area contributed by atoms with Gasteiger partial charge in [-0.3, -0.25) is 4.68 Å². The van der Waals surface area contributed by atoms with E-state index in [1.807, 2.05) is 36.9 Å². The molecule has 1 heterocycles. The van der Waals surface area contributed by atoms with Crippen molar-refractivity contribution in [2.75, 3.05) is 0 Å². The first kappa shape index (κ1) is 11.7. The second-order valence-corrected chi connectivity index (χ2v) is 4.39. The first-order valence-corrected chi connectivity index (χ1v) is 5.76. The van der Waals surface area contributed by atoms with Crippen LogP contribution in [0.25, 0.3) is 0 Å². The van der Waals surface area contributed by atoms with Crippen LogP contribution in [0.3, 0.4) is 0 Å². The van der Waals surface area contributed by atoms with Gasteiger partial charge in [0.1, 0.15) is 18.1 Å². The van der Waals surface area contributed by atoms with Gasteiger partial charge in [0.2, 0.25) is 0 Å². The molecule has 0 fully saturated rings. The Kier molecular flexibility index (Phi) is 3.18. The number of benzene rings is 1. The summed E-state index contributed by atoms with van der Waals surface area (Å²) in [5, 5.41) is 4.37. The van der Waals surface area contributed by atoms with Crippen molar-refractivity contribution in [1.82, 2.24) is 9.78 Å². The van der Waals surface area contributed by atoms with E-state index < -0.39 is 0 Å². The van der Waals surface area contributed by atoms with Crippen LogP contribution in [0.2, 0.25) is 0 Å². The molecule has 17 heavy (non-hydrogen) atoms. The van der Waals surface area contributed by atoms with E-state index in [-0.39, 0.29) is 0 Å². The second-order valence-electron chi connectivity index (χ2n) is 4.39. The molecule has 0 bridgehead atoms. The van der Waals surface area contributed by atoms with Crippen LogP contribution in [0.5, 0.6) is 5.75 Å². The zero-order valence-corrected chi connectivity index (χ0v) is 10.8. The summed E-state index contributed by atoms with van der Waals surface area (Å²) in [5.41, 5.74) is 4.55. The van der Waals surface area contributed by atoms with E-state index in [0.29, 0.717) is 6.61 Å². The van der Waals surface area contributed by atoms with Crippen LogP contribution in [-0.2, 0) is 13.7 Å². The van der Waals surface area contributed by atoms with Crippen molar-refractivity contribution in [2.45, 2.75) is 27.4 Å². The number of rotatable bonds is 3. The number of aromatic nitrogens is 2. The molecule has 3 nitrogen and oxygen atoms in total. The van der Waals surface area contributed by atoms with Crippen molar-refractivity contribution in [2.24, 2.45) is 7.05 Å². The fraction of sp³-hybridized carbons (Fsp3) is 0.357. The Morgan fingerprint density at radius 3 is 2.65 bits per heavy atom. The zero-order valence-electron chi connectivity index (χ0n) is 10.8. The minimum Gasteiger partial charge on any atom is -0.487 e. The Morgan fingerprint density at radius 2 is 2.00 bits per heavy atom. The van der Waals surface area contributed by atoms with Gasteiger partial charge in [-0.2, -0.15) is 5.10 Å². The highest BCUT2D eigenvalue weighted by Gasteiger charge is 2.05. The fourth-order valence-corrected chi connectivity index (χ4v) is 1.74. The molecule has 1 aromatic carbocycles. The normalized spacial score (nSPS) is 10.6. The maximum Gasteiger partial charge on any atom is 0.132 e. The number of nitrogens with zero attached hydrogens (tertiary/aromatic N) is 2. The summed E-state index contributed by atoms with van der Waals surface area (Å²) >= 11 is 0. The van der Waals surface area contributed by atoms with E-state index in [1.165, 1.54) is 11.1 Å². The molecule has 0 aliphatic heterocycles. The van der Waals surface area contributed by atoms with Gasteiger partial charge in [-0.05, 0) is 44.0 Å². The SMILES string of the molecule is Cc1cccc(OCc2cc(C)n(C)n2)c1C. The van der Waals surface area contributed by atoms with Crippen molar-refractivity contribution in [3.8, 4) is 5.75 Å². The van der Waals surface area contributed by atoms with Gasteiger partial charge in [0.25, 0.3) is 0 Å². The molecule has 0 amide bonds. The topological polar surface area (TPSA) is 27.1 Å². The van der Waals surface area contributed by atoms with E-state index in [4.69, 9.17) is 4.74 Å². The zero-order chi connectivity index (χ0) is 12.4. The molecule has 0 radical (unpaired) electrons. The molecule has 0 N–H and O–H groups in total. The molecule has 2 aromatic rings. The molecule has 0 saturated heterocycles. The van der Waals surface area contributed by atoms with Crippen molar-refractivity contribution in [3.05, 3.63) is 46.8 Å². The highest BCUT2D eigenvalue weighted by atomic mass is 16.5. The lowest BCUT2D eigenvalue weighted by atomic mass is 10.1. The quantitative estimate of drug-likeness (QED) is 0.810. The predicted molar refractivity (Wildman–Crippen MR) is 68.2 cm³/mol. The van der Waals surface area contributed by atoms with Crippen LogP contribution in [0, 0.1) is 20.8 Å². The Labute approximate surface area is 102 Å². The Bertz CT molecular complexity index is 510. The highest BCUT2D eigenvalue weighted by Crippen LogP contribution is 2.21. The molecule has 90 valence electrons. The Morgan fingerprint density at radius 1 is 1.24 bits per heavy atom. The van der Waals surface area contributed by atoms with Crippen LogP contribution in [0.15, 0.2) is 24.3 Å². The molecule has 0 spiro atoms. The lowest BCUT2D eigenvalue weighted by Gasteiger charge is -2.09. The molecule has 0 atom stereocenters. The van der Waals surface area contributed by atoms with Crippen LogP contribution >= 0.6 is 0 Å². The standard InChI is InChI=1S/C14H18N2O/c1-10-6-5-7-14(12(10)3)17-9-13-8-11(2)16(4)15-13/h5-8H,9H2,1-4H3. The average molecular weight is 230 g/mol. The Balaban J connectivity index is 2.10. The highest BCUT2D eigenvalue weighted by molar-refractivity contribution is 5.38. The van der Waals surface area contributed by atoms with Crippen LogP contribution in [0.4, 0.5) is 0 Å². The molecule has 0 unspecified atom stereocenters. The summed E-state index contributed by atoms with van der Waals surface area (Å²) in [6, 6.07) is 8.15. The molecular formula is C14H18N2O. The molecule has 0 saturated carbocycles. The first-order chi connectivity index (χ1) is 8.08. The fourth-order valence-electron chi connectivity index (χ4n) is 1.74. The van der Waals surface area contributed by atoms with Gasteiger partial charge in [0.15, 0.2) is 0 Å².